The summed E-state index contributed by atoms with van der Waals surface area (Å²) in [5.41, 5.74) is 12.2. The van der Waals surface area contributed by atoms with Gasteiger partial charge in [0.1, 0.15) is 11.2 Å². The van der Waals surface area contributed by atoms with Crippen molar-refractivity contribution in [3.8, 4) is 50.7 Å². The van der Waals surface area contributed by atoms with E-state index < -0.39 is 0 Å². The molecular formula is C46H29N3O. The molecule has 3 heterocycles. The van der Waals surface area contributed by atoms with Gasteiger partial charge in [-0.15, -0.1) is 0 Å². The number of aromatic nitrogens is 3. The molecule has 0 saturated carbocycles. The highest BCUT2D eigenvalue weighted by atomic mass is 16.3. The van der Waals surface area contributed by atoms with Crippen molar-refractivity contribution in [2.75, 3.05) is 0 Å². The third kappa shape index (κ3) is 4.61. The van der Waals surface area contributed by atoms with Gasteiger partial charge in [-0.05, 0) is 42.0 Å². The maximum Gasteiger partial charge on any atom is 0.160 e. The molecule has 7 aromatic carbocycles. The first kappa shape index (κ1) is 28.3. The first-order valence-electron chi connectivity index (χ1n) is 16.8. The maximum absolute atomic E-state index is 6.33. The molecule has 0 atom stereocenters. The van der Waals surface area contributed by atoms with Gasteiger partial charge in [-0.25, -0.2) is 9.97 Å². The van der Waals surface area contributed by atoms with Crippen LogP contribution in [0.5, 0.6) is 0 Å². The van der Waals surface area contributed by atoms with Crippen LogP contribution in [-0.4, -0.2) is 14.5 Å². The van der Waals surface area contributed by atoms with Gasteiger partial charge in [0.2, 0.25) is 0 Å². The molecule has 0 fully saturated rings. The van der Waals surface area contributed by atoms with Gasteiger partial charge in [0.25, 0.3) is 0 Å². The zero-order valence-electron chi connectivity index (χ0n) is 27.0. The highest BCUT2D eigenvalue weighted by Crippen LogP contribution is 2.37. The zero-order chi connectivity index (χ0) is 33.0. The largest absolute Gasteiger partial charge is 0.455 e. The standard InChI is InChI=1S/C46H29N3O/c1-2-11-33(12-3-1)46-47-40(31-23-21-30(22-24-31)35-16-10-17-39-38-15-6-9-20-44(38)50-45(35)39)29-41(48-46)32-25-27-34(28-26-32)49-42-18-7-4-13-36(42)37-14-5-8-19-43(37)49/h1-29H. The average Bonchev–Trinajstić information content (AvgIpc) is 3.74. The number of fused-ring (bicyclic) bond motifs is 6. The molecule has 234 valence electrons. The Balaban J connectivity index is 1.06. The quantitative estimate of drug-likeness (QED) is 0.188. The Bertz CT molecular complexity index is 2790. The first-order chi connectivity index (χ1) is 24.8. The molecule has 0 bridgehead atoms. The molecule has 3 aromatic heterocycles. The lowest BCUT2D eigenvalue weighted by molar-refractivity contribution is 0.670. The predicted molar refractivity (Wildman–Crippen MR) is 205 cm³/mol. The number of furan rings is 1. The van der Waals surface area contributed by atoms with Gasteiger partial charge < -0.3 is 8.98 Å². The lowest BCUT2D eigenvalue weighted by Crippen LogP contribution is -1.97. The summed E-state index contributed by atoms with van der Waals surface area (Å²) in [6, 6.07) is 61.3. The Morgan fingerprint density at radius 1 is 0.400 bits per heavy atom. The van der Waals surface area contributed by atoms with Crippen LogP contribution in [0.2, 0.25) is 0 Å². The van der Waals surface area contributed by atoms with Gasteiger partial charge in [-0.2, -0.15) is 0 Å². The van der Waals surface area contributed by atoms with Gasteiger partial charge in [0.15, 0.2) is 5.82 Å². The fourth-order valence-corrected chi connectivity index (χ4v) is 7.24. The minimum atomic E-state index is 0.695. The minimum Gasteiger partial charge on any atom is -0.455 e. The van der Waals surface area contributed by atoms with Crippen LogP contribution in [0, 0.1) is 0 Å². The Morgan fingerprint density at radius 3 is 1.62 bits per heavy atom. The van der Waals surface area contributed by atoms with E-state index in [0.717, 1.165) is 66.8 Å². The molecule has 10 aromatic rings. The summed E-state index contributed by atoms with van der Waals surface area (Å²) in [5.74, 6) is 0.695. The Morgan fingerprint density at radius 2 is 0.940 bits per heavy atom. The molecule has 0 aliphatic rings. The van der Waals surface area contributed by atoms with Crippen LogP contribution in [0.25, 0.3) is 94.5 Å². The van der Waals surface area contributed by atoms with E-state index in [0.29, 0.717) is 5.82 Å². The SMILES string of the molecule is c1ccc(-c2nc(-c3ccc(-c4cccc5c4oc4ccccc45)cc3)cc(-c3ccc(-n4c5ccccc5c5ccccc54)cc3)n2)cc1. The molecule has 4 nitrogen and oxygen atoms in total. The van der Waals surface area contributed by atoms with E-state index in [1.165, 1.54) is 21.8 Å². The maximum atomic E-state index is 6.33. The van der Waals surface area contributed by atoms with Gasteiger partial charge in [0, 0.05) is 49.5 Å². The van der Waals surface area contributed by atoms with Crippen molar-refractivity contribution >= 4 is 43.7 Å². The van der Waals surface area contributed by atoms with Crippen molar-refractivity contribution in [2.45, 2.75) is 0 Å². The summed E-state index contributed by atoms with van der Waals surface area (Å²) in [7, 11) is 0. The zero-order valence-corrected chi connectivity index (χ0v) is 27.0. The number of para-hydroxylation sites is 4. The average molecular weight is 640 g/mol. The second-order valence-corrected chi connectivity index (χ2v) is 12.6. The van der Waals surface area contributed by atoms with Crippen LogP contribution >= 0.6 is 0 Å². The van der Waals surface area contributed by atoms with Crippen LogP contribution in [0.15, 0.2) is 180 Å². The van der Waals surface area contributed by atoms with Crippen LogP contribution in [0.3, 0.4) is 0 Å². The summed E-state index contributed by atoms with van der Waals surface area (Å²) in [4.78, 5) is 10.2. The molecule has 0 aliphatic carbocycles. The van der Waals surface area contributed by atoms with E-state index >= 15 is 0 Å². The summed E-state index contributed by atoms with van der Waals surface area (Å²) in [5, 5.41) is 4.76. The van der Waals surface area contributed by atoms with E-state index in [1.54, 1.807) is 0 Å². The summed E-state index contributed by atoms with van der Waals surface area (Å²) < 4.78 is 8.67. The minimum absolute atomic E-state index is 0.695. The highest BCUT2D eigenvalue weighted by molar-refractivity contribution is 6.10. The van der Waals surface area contributed by atoms with Crippen molar-refractivity contribution < 1.29 is 4.42 Å². The van der Waals surface area contributed by atoms with Crippen molar-refractivity contribution in [3.63, 3.8) is 0 Å². The molecule has 10 rings (SSSR count). The molecule has 0 saturated heterocycles. The van der Waals surface area contributed by atoms with E-state index in [-0.39, 0.29) is 0 Å². The fourth-order valence-electron chi connectivity index (χ4n) is 7.24. The van der Waals surface area contributed by atoms with Crippen molar-refractivity contribution in [3.05, 3.63) is 176 Å². The summed E-state index contributed by atoms with van der Waals surface area (Å²) in [6.07, 6.45) is 0. The number of rotatable bonds is 5. The second-order valence-electron chi connectivity index (χ2n) is 12.6. The van der Waals surface area contributed by atoms with Gasteiger partial charge in [0.05, 0.1) is 22.4 Å². The third-order valence-corrected chi connectivity index (χ3v) is 9.66. The number of hydrogen-bond acceptors (Lipinski definition) is 3. The molecule has 4 heteroatoms. The second kappa shape index (κ2) is 11.4. The van der Waals surface area contributed by atoms with Crippen molar-refractivity contribution in [1.29, 1.82) is 0 Å². The first-order valence-corrected chi connectivity index (χ1v) is 16.8. The lowest BCUT2D eigenvalue weighted by Gasteiger charge is -2.12. The van der Waals surface area contributed by atoms with Gasteiger partial charge in [-0.3, -0.25) is 0 Å². The molecule has 0 aliphatic heterocycles. The number of benzene rings is 7. The van der Waals surface area contributed by atoms with E-state index in [2.05, 4.69) is 150 Å². The van der Waals surface area contributed by atoms with Crippen LogP contribution < -0.4 is 0 Å². The monoisotopic (exact) mass is 639 g/mol. The van der Waals surface area contributed by atoms with Gasteiger partial charge in [-0.1, -0.05) is 140 Å². The molecule has 0 N–H and O–H groups in total. The smallest absolute Gasteiger partial charge is 0.160 e. The van der Waals surface area contributed by atoms with Gasteiger partial charge >= 0.3 is 0 Å². The van der Waals surface area contributed by atoms with Crippen molar-refractivity contribution in [2.24, 2.45) is 0 Å². The Hall–Kier alpha value is -6.78. The van der Waals surface area contributed by atoms with Crippen LogP contribution in [0.4, 0.5) is 0 Å². The van der Waals surface area contributed by atoms with Crippen LogP contribution in [-0.2, 0) is 0 Å². The fraction of sp³-hybridized carbons (Fsp3) is 0. The van der Waals surface area contributed by atoms with E-state index in [9.17, 15) is 0 Å². The lowest BCUT2D eigenvalue weighted by atomic mass is 10.00. The number of nitrogens with zero attached hydrogens (tertiary/aromatic N) is 3. The van der Waals surface area contributed by atoms with Crippen LogP contribution in [0.1, 0.15) is 0 Å². The molecule has 0 amide bonds. The van der Waals surface area contributed by atoms with Crippen molar-refractivity contribution in [1.82, 2.24) is 14.5 Å². The third-order valence-electron chi connectivity index (χ3n) is 9.66. The summed E-state index contributed by atoms with van der Waals surface area (Å²) >= 11 is 0. The molecule has 0 unspecified atom stereocenters. The Kier molecular flexibility index (Phi) is 6.46. The van der Waals surface area contributed by atoms with E-state index in [4.69, 9.17) is 14.4 Å². The molecular weight excluding hydrogens is 611 g/mol. The molecule has 0 spiro atoms. The molecule has 50 heavy (non-hydrogen) atoms. The highest BCUT2D eigenvalue weighted by Gasteiger charge is 2.15. The topological polar surface area (TPSA) is 43.9 Å². The van der Waals surface area contributed by atoms with E-state index in [1.807, 2.05) is 30.3 Å². The normalized spacial score (nSPS) is 11.6. The molecule has 0 radical (unpaired) electrons. The Labute approximate surface area is 288 Å². The summed E-state index contributed by atoms with van der Waals surface area (Å²) in [6.45, 7) is 0. The predicted octanol–water partition coefficient (Wildman–Crippen LogP) is 12.1. The number of hydrogen-bond donors (Lipinski definition) is 0.